The Bertz CT molecular complexity index is 433. The van der Waals surface area contributed by atoms with Crippen molar-refractivity contribution in [2.45, 2.75) is 25.9 Å². The lowest BCUT2D eigenvalue weighted by molar-refractivity contribution is 0.0881. The molecule has 5 nitrogen and oxygen atoms in total. The van der Waals surface area contributed by atoms with E-state index in [-0.39, 0.29) is 17.7 Å². The molecule has 0 radical (unpaired) electrons. The lowest BCUT2D eigenvalue weighted by atomic mass is 9.96. The third-order valence-electron chi connectivity index (χ3n) is 3.25. The molecule has 2 rings (SSSR count). The summed E-state index contributed by atoms with van der Waals surface area (Å²) >= 11 is 6.08. The molecule has 1 N–H and O–H groups in total. The zero-order valence-electron chi connectivity index (χ0n) is 10.6. The van der Waals surface area contributed by atoms with E-state index in [1.54, 1.807) is 4.68 Å². The van der Waals surface area contributed by atoms with Crippen LogP contribution in [0.5, 0.6) is 0 Å². The Morgan fingerprint density at radius 1 is 1.67 bits per heavy atom. The number of hydrogen-bond acceptors (Lipinski definition) is 4. The molecule has 2 atom stereocenters. The molecule has 1 aromatic heterocycles. The highest BCUT2D eigenvalue weighted by molar-refractivity contribution is 6.33. The standard InChI is InChI=1S/C12H18ClN3O2/c1-3-4-16-11(9(13)5-15-16)12(17)8-6-18-7-10(8)14-2/h5,8,10,14H,3-4,6-7H2,1-2H3. The first-order valence-corrected chi connectivity index (χ1v) is 6.57. The molecule has 0 spiro atoms. The van der Waals surface area contributed by atoms with Crippen molar-refractivity contribution < 1.29 is 9.53 Å². The number of halogens is 1. The predicted molar refractivity (Wildman–Crippen MR) is 69.0 cm³/mol. The summed E-state index contributed by atoms with van der Waals surface area (Å²) in [6, 6.07) is 0.0542. The van der Waals surface area contributed by atoms with Gasteiger partial charge in [-0.2, -0.15) is 5.10 Å². The van der Waals surface area contributed by atoms with E-state index in [1.165, 1.54) is 6.20 Å². The normalized spacial score (nSPS) is 23.5. The fourth-order valence-electron chi connectivity index (χ4n) is 2.26. The average molecular weight is 272 g/mol. The van der Waals surface area contributed by atoms with Gasteiger partial charge in [0, 0.05) is 12.6 Å². The zero-order chi connectivity index (χ0) is 13.1. The Morgan fingerprint density at radius 2 is 2.44 bits per heavy atom. The Morgan fingerprint density at radius 3 is 3.11 bits per heavy atom. The highest BCUT2D eigenvalue weighted by atomic mass is 35.5. The first-order valence-electron chi connectivity index (χ1n) is 6.19. The van der Waals surface area contributed by atoms with Crippen molar-refractivity contribution in [1.29, 1.82) is 0 Å². The van der Waals surface area contributed by atoms with E-state index in [0.717, 1.165) is 6.42 Å². The number of aromatic nitrogens is 2. The number of carbonyl (C=O) groups excluding carboxylic acids is 1. The molecule has 2 heterocycles. The van der Waals surface area contributed by atoms with E-state index >= 15 is 0 Å². The van der Waals surface area contributed by atoms with Gasteiger partial charge in [-0.05, 0) is 13.5 Å². The maximum Gasteiger partial charge on any atom is 0.189 e. The van der Waals surface area contributed by atoms with Gasteiger partial charge in [-0.1, -0.05) is 18.5 Å². The summed E-state index contributed by atoms with van der Waals surface area (Å²) in [5, 5.41) is 7.69. The van der Waals surface area contributed by atoms with Crippen molar-refractivity contribution in [3.8, 4) is 0 Å². The molecular formula is C12H18ClN3O2. The molecule has 0 aliphatic carbocycles. The van der Waals surface area contributed by atoms with E-state index in [2.05, 4.69) is 10.4 Å². The highest BCUT2D eigenvalue weighted by Gasteiger charge is 2.36. The first-order chi connectivity index (χ1) is 8.69. The quantitative estimate of drug-likeness (QED) is 0.822. The van der Waals surface area contributed by atoms with Crippen LogP contribution in [0.25, 0.3) is 0 Å². The Hall–Kier alpha value is -0.910. The molecule has 1 saturated heterocycles. The van der Waals surface area contributed by atoms with Crippen LogP contribution in [0.15, 0.2) is 6.20 Å². The lowest BCUT2D eigenvalue weighted by Crippen LogP contribution is -2.37. The van der Waals surface area contributed by atoms with Crippen molar-refractivity contribution in [2.24, 2.45) is 5.92 Å². The molecule has 1 aromatic rings. The van der Waals surface area contributed by atoms with Crippen molar-refractivity contribution in [3.05, 3.63) is 16.9 Å². The molecule has 6 heteroatoms. The maximum atomic E-state index is 12.5. The second kappa shape index (κ2) is 5.82. The van der Waals surface area contributed by atoms with Crippen molar-refractivity contribution in [3.63, 3.8) is 0 Å². The van der Waals surface area contributed by atoms with Gasteiger partial charge in [0.2, 0.25) is 0 Å². The largest absolute Gasteiger partial charge is 0.379 e. The highest BCUT2D eigenvalue weighted by Crippen LogP contribution is 2.24. The monoisotopic (exact) mass is 271 g/mol. The predicted octanol–water partition coefficient (Wildman–Crippen LogP) is 1.36. The molecule has 2 unspecified atom stereocenters. The van der Waals surface area contributed by atoms with Crippen LogP contribution in [0.2, 0.25) is 5.02 Å². The minimum absolute atomic E-state index is 0.0165. The second-order valence-electron chi connectivity index (χ2n) is 4.47. The van der Waals surface area contributed by atoms with E-state index in [0.29, 0.717) is 30.5 Å². The van der Waals surface area contributed by atoms with Crippen LogP contribution < -0.4 is 5.32 Å². The van der Waals surface area contributed by atoms with Crippen molar-refractivity contribution in [1.82, 2.24) is 15.1 Å². The van der Waals surface area contributed by atoms with Gasteiger partial charge in [-0.25, -0.2) is 0 Å². The Labute approximate surface area is 111 Å². The summed E-state index contributed by atoms with van der Waals surface area (Å²) in [4.78, 5) is 12.5. The molecule has 0 amide bonds. The van der Waals surface area contributed by atoms with Gasteiger partial charge in [-0.3, -0.25) is 9.48 Å². The molecule has 0 saturated carbocycles. The van der Waals surface area contributed by atoms with E-state index in [1.807, 2.05) is 14.0 Å². The van der Waals surface area contributed by atoms with Crippen LogP contribution in [0.4, 0.5) is 0 Å². The van der Waals surface area contributed by atoms with Gasteiger partial charge in [0.15, 0.2) is 5.78 Å². The SMILES string of the molecule is CCCn1ncc(Cl)c1C(=O)C1COCC1NC. The average Bonchev–Trinajstić information content (AvgIpc) is 2.96. The molecule has 1 aliphatic rings. The number of ketones is 1. The fraction of sp³-hybridized carbons (Fsp3) is 0.667. The summed E-state index contributed by atoms with van der Waals surface area (Å²) in [5.41, 5.74) is 0.509. The number of ether oxygens (including phenoxy) is 1. The van der Waals surface area contributed by atoms with Gasteiger partial charge in [0.25, 0.3) is 0 Å². The number of carbonyl (C=O) groups is 1. The van der Waals surface area contributed by atoms with Gasteiger partial charge >= 0.3 is 0 Å². The second-order valence-corrected chi connectivity index (χ2v) is 4.87. The number of nitrogens with one attached hydrogen (secondary N) is 1. The van der Waals surface area contributed by atoms with E-state index < -0.39 is 0 Å². The molecule has 0 bridgehead atoms. The van der Waals surface area contributed by atoms with E-state index in [9.17, 15) is 4.79 Å². The van der Waals surface area contributed by atoms with Crippen LogP contribution in [0.3, 0.4) is 0 Å². The van der Waals surface area contributed by atoms with Gasteiger partial charge < -0.3 is 10.1 Å². The fourth-order valence-corrected chi connectivity index (χ4v) is 2.50. The first kappa shape index (κ1) is 13.5. The summed E-state index contributed by atoms with van der Waals surface area (Å²) in [5.74, 6) is -0.164. The topological polar surface area (TPSA) is 56.2 Å². The number of Topliss-reactive ketones (excluding diaryl/α,β-unsaturated/α-hetero) is 1. The van der Waals surface area contributed by atoms with E-state index in [4.69, 9.17) is 16.3 Å². The maximum absolute atomic E-state index is 12.5. The number of nitrogens with zero attached hydrogens (tertiary/aromatic N) is 2. The number of hydrogen-bond donors (Lipinski definition) is 1. The molecule has 100 valence electrons. The molecular weight excluding hydrogens is 254 g/mol. The van der Waals surface area contributed by atoms with Crippen LogP contribution in [0.1, 0.15) is 23.8 Å². The van der Waals surface area contributed by atoms with Crippen LogP contribution in [-0.2, 0) is 11.3 Å². The number of aryl methyl sites for hydroxylation is 1. The Kier molecular flexibility index (Phi) is 4.37. The minimum atomic E-state index is -0.181. The number of likely N-dealkylation sites (N-methyl/N-ethyl adjacent to an activating group) is 1. The molecule has 1 fully saturated rings. The number of rotatable bonds is 5. The minimum Gasteiger partial charge on any atom is -0.379 e. The van der Waals surface area contributed by atoms with Crippen LogP contribution >= 0.6 is 11.6 Å². The smallest absolute Gasteiger partial charge is 0.189 e. The lowest BCUT2D eigenvalue weighted by Gasteiger charge is -2.16. The summed E-state index contributed by atoms with van der Waals surface area (Å²) in [7, 11) is 1.84. The molecule has 1 aliphatic heterocycles. The van der Waals surface area contributed by atoms with Crippen molar-refractivity contribution in [2.75, 3.05) is 20.3 Å². The van der Waals surface area contributed by atoms with Gasteiger partial charge in [0.05, 0.1) is 30.4 Å². The third-order valence-corrected chi connectivity index (χ3v) is 3.53. The van der Waals surface area contributed by atoms with Crippen molar-refractivity contribution >= 4 is 17.4 Å². The summed E-state index contributed by atoms with van der Waals surface area (Å²) in [6.07, 6.45) is 2.45. The third kappa shape index (κ3) is 2.43. The summed E-state index contributed by atoms with van der Waals surface area (Å²) in [6.45, 7) is 3.74. The van der Waals surface area contributed by atoms with Gasteiger partial charge in [0.1, 0.15) is 5.69 Å². The summed E-state index contributed by atoms with van der Waals surface area (Å²) < 4.78 is 7.05. The van der Waals surface area contributed by atoms with Crippen LogP contribution in [-0.4, -0.2) is 41.9 Å². The van der Waals surface area contributed by atoms with Crippen LogP contribution in [0, 0.1) is 5.92 Å². The Balaban J connectivity index is 2.25. The zero-order valence-corrected chi connectivity index (χ0v) is 11.4. The molecule has 18 heavy (non-hydrogen) atoms. The van der Waals surface area contributed by atoms with Gasteiger partial charge in [-0.15, -0.1) is 0 Å². The molecule has 0 aromatic carbocycles.